The minimum atomic E-state index is 0.535. The number of nitrogens with zero attached hydrogens (tertiary/aromatic N) is 2. The summed E-state index contributed by atoms with van der Waals surface area (Å²) in [6, 6.07) is 3.66. The first-order valence-electron chi connectivity index (χ1n) is 4.01. The zero-order valence-corrected chi connectivity index (χ0v) is 8.41. The molecule has 0 fully saturated rings. The van der Waals surface area contributed by atoms with Crippen molar-refractivity contribution in [1.29, 1.82) is 0 Å². The first-order valence-corrected chi connectivity index (χ1v) is 4.89. The first-order chi connectivity index (χ1) is 6.81. The molecule has 0 bridgehead atoms. The van der Waals surface area contributed by atoms with Crippen LogP contribution in [0.5, 0.6) is 5.75 Å². The van der Waals surface area contributed by atoms with Gasteiger partial charge < -0.3 is 10.5 Å². The fraction of sp³-hybridized carbons (Fsp3) is 0.111. The predicted octanol–water partition coefficient (Wildman–Crippen LogP) is 1.80. The van der Waals surface area contributed by atoms with Crippen LogP contribution < -0.4 is 10.5 Å². The molecule has 0 aliphatic rings. The van der Waals surface area contributed by atoms with Crippen LogP contribution in [0.25, 0.3) is 11.4 Å². The van der Waals surface area contributed by atoms with Gasteiger partial charge in [0.05, 0.1) is 7.11 Å². The van der Waals surface area contributed by atoms with Crippen molar-refractivity contribution in [3.8, 4) is 17.1 Å². The maximum Gasteiger partial charge on any atom is 0.180 e. The van der Waals surface area contributed by atoms with Crippen LogP contribution in [0.4, 0.5) is 5.13 Å². The van der Waals surface area contributed by atoms with Gasteiger partial charge in [-0.2, -0.15) is 0 Å². The lowest BCUT2D eigenvalue weighted by Gasteiger charge is -2.03. The monoisotopic (exact) mass is 207 g/mol. The van der Waals surface area contributed by atoms with E-state index in [9.17, 15) is 0 Å². The van der Waals surface area contributed by atoms with Crippen molar-refractivity contribution >= 4 is 16.5 Å². The summed E-state index contributed by atoms with van der Waals surface area (Å²) in [5.41, 5.74) is 7.03. The van der Waals surface area contributed by atoms with Gasteiger partial charge in [-0.3, -0.25) is 4.98 Å². The number of ether oxygens (including phenoxy) is 1. The molecular weight excluding hydrogens is 198 g/mol. The van der Waals surface area contributed by atoms with Crippen molar-refractivity contribution < 1.29 is 4.74 Å². The van der Waals surface area contributed by atoms with E-state index in [-0.39, 0.29) is 0 Å². The number of nitrogen functional groups attached to an aromatic ring is 1. The lowest BCUT2D eigenvalue weighted by atomic mass is 10.3. The van der Waals surface area contributed by atoms with E-state index in [0.717, 1.165) is 11.4 Å². The Labute approximate surface area is 85.4 Å². The molecule has 0 saturated heterocycles. The lowest BCUT2D eigenvalue weighted by Crippen LogP contribution is -1.91. The third kappa shape index (κ3) is 1.54. The highest BCUT2D eigenvalue weighted by molar-refractivity contribution is 7.13. The van der Waals surface area contributed by atoms with E-state index in [1.54, 1.807) is 13.3 Å². The zero-order chi connectivity index (χ0) is 9.97. The van der Waals surface area contributed by atoms with Crippen LogP contribution in [-0.4, -0.2) is 17.1 Å². The van der Waals surface area contributed by atoms with Crippen molar-refractivity contribution in [2.75, 3.05) is 12.8 Å². The summed E-state index contributed by atoms with van der Waals surface area (Å²) in [6.45, 7) is 0. The van der Waals surface area contributed by atoms with E-state index >= 15 is 0 Å². The molecule has 72 valence electrons. The number of rotatable bonds is 2. The minimum Gasteiger partial charge on any atom is -0.494 e. The molecule has 5 heteroatoms. The fourth-order valence-corrected chi connectivity index (χ4v) is 1.69. The topological polar surface area (TPSA) is 61.0 Å². The van der Waals surface area contributed by atoms with E-state index in [4.69, 9.17) is 10.5 Å². The maximum absolute atomic E-state index is 5.55. The van der Waals surface area contributed by atoms with E-state index in [0.29, 0.717) is 10.9 Å². The molecular formula is C9H9N3OS. The highest BCUT2D eigenvalue weighted by atomic mass is 32.1. The molecule has 4 nitrogen and oxygen atoms in total. The molecule has 0 aliphatic heterocycles. The van der Waals surface area contributed by atoms with Crippen LogP contribution in [0.1, 0.15) is 0 Å². The number of anilines is 1. The van der Waals surface area contributed by atoms with E-state index in [1.807, 2.05) is 17.5 Å². The third-order valence-corrected chi connectivity index (χ3v) is 2.43. The first kappa shape index (κ1) is 8.96. The number of hydrogen-bond acceptors (Lipinski definition) is 5. The van der Waals surface area contributed by atoms with Gasteiger partial charge in [-0.05, 0) is 12.1 Å². The molecule has 0 saturated carbocycles. The Hall–Kier alpha value is -1.62. The molecule has 0 radical (unpaired) electrons. The average molecular weight is 207 g/mol. The van der Waals surface area contributed by atoms with Crippen molar-refractivity contribution in [3.63, 3.8) is 0 Å². The van der Waals surface area contributed by atoms with Crippen LogP contribution in [0.3, 0.4) is 0 Å². The summed E-state index contributed by atoms with van der Waals surface area (Å²) in [5, 5.41) is 2.40. The Bertz CT molecular complexity index is 441. The lowest BCUT2D eigenvalue weighted by molar-refractivity contribution is 0.414. The molecule has 2 aromatic heterocycles. The van der Waals surface area contributed by atoms with Crippen molar-refractivity contribution in [2.24, 2.45) is 0 Å². The van der Waals surface area contributed by atoms with Crippen LogP contribution >= 0.6 is 11.3 Å². The maximum atomic E-state index is 5.55. The number of thiazole rings is 1. The van der Waals surface area contributed by atoms with Gasteiger partial charge in [0.2, 0.25) is 0 Å². The Morgan fingerprint density at radius 2 is 2.36 bits per heavy atom. The fourth-order valence-electron chi connectivity index (χ4n) is 1.14. The van der Waals surface area contributed by atoms with Crippen LogP contribution in [0.2, 0.25) is 0 Å². The SMILES string of the molecule is COc1cccnc1-c1csc(N)n1. The predicted molar refractivity (Wildman–Crippen MR) is 56.3 cm³/mol. The number of nitrogens with two attached hydrogens (primary N) is 1. The average Bonchev–Trinajstić information content (AvgIpc) is 2.65. The number of hydrogen-bond donors (Lipinski definition) is 1. The van der Waals surface area contributed by atoms with Gasteiger partial charge in [-0.1, -0.05) is 0 Å². The third-order valence-electron chi connectivity index (χ3n) is 1.76. The van der Waals surface area contributed by atoms with Gasteiger partial charge in [0.15, 0.2) is 5.13 Å². The smallest absolute Gasteiger partial charge is 0.180 e. The molecule has 2 aromatic rings. The summed E-state index contributed by atoms with van der Waals surface area (Å²) in [7, 11) is 1.61. The van der Waals surface area contributed by atoms with E-state index in [1.165, 1.54) is 11.3 Å². The van der Waals surface area contributed by atoms with Gasteiger partial charge >= 0.3 is 0 Å². The summed E-state index contributed by atoms with van der Waals surface area (Å²) < 4.78 is 5.17. The molecule has 0 aliphatic carbocycles. The van der Waals surface area contributed by atoms with Crippen LogP contribution in [-0.2, 0) is 0 Å². The largest absolute Gasteiger partial charge is 0.494 e. The number of pyridine rings is 1. The highest BCUT2D eigenvalue weighted by Gasteiger charge is 2.09. The van der Waals surface area contributed by atoms with Gasteiger partial charge in [0, 0.05) is 11.6 Å². The molecule has 0 spiro atoms. The second kappa shape index (κ2) is 3.63. The standard InChI is InChI=1S/C9H9N3OS/c1-13-7-3-2-4-11-8(7)6-5-14-9(10)12-6/h2-5H,1H3,(H2,10,12). The molecule has 14 heavy (non-hydrogen) atoms. The van der Waals surface area contributed by atoms with Gasteiger partial charge in [0.25, 0.3) is 0 Å². The Morgan fingerprint density at radius 3 is 3.00 bits per heavy atom. The summed E-state index contributed by atoms with van der Waals surface area (Å²) >= 11 is 1.39. The molecule has 2 rings (SSSR count). The summed E-state index contributed by atoms with van der Waals surface area (Å²) in [6.07, 6.45) is 1.70. The number of methoxy groups -OCH3 is 1. The molecule has 2 heterocycles. The Kier molecular flexibility index (Phi) is 2.32. The molecule has 0 aromatic carbocycles. The van der Waals surface area contributed by atoms with Crippen LogP contribution in [0, 0.1) is 0 Å². The normalized spacial score (nSPS) is 10.1. The summed E-state index contributed by atoms with van der Waals surface area (Å²) in [4.78, 5) is 8.34. The molecule has 0 amide bonds. The molecule has 2 N–H and O–H groups in total. The van der Waals surface area contributed by atoms with Crippen molar-refractivity contribution in [3.05, 3.63) is 23.7 Å². The number of aromatic nitrogens is 2. The highest BCUT2D eigenvalue weighted by Crippen LogP contribution is 2.28. The Morgan fingerprint density at radius 1 is 1.50 bits per heavy atom. The molecule has 0 unspecified atom stereocenters. The van der Waals surface area contributed by atoms with Crippen molar-refractivity contribution in [1.82, 2.24) is 9.97 Å². The summed E-state index contributed by atoms with van der Waals surface area (Å²) in [5.74, 6) is 0.706. The van der Waals surface area contributed by atoms with Crippen LogP contribution in [0.15, 0.2) is 23.7 Å². The second-order valence-electron chi connectivity index (χ2n) is 2.63. The van der Waals surface area contributed by atoms with Crippen molar-refractivity contribution in [2.45, 2.75) is 0 Å². The van der Waals surface area contributed by atoms with Gasteiger partial charge in [-0.25, -0.2) is 4.98 Å². The molecule has 0 atom stereocenters. The van der Waals surface area contributed by atoms with Gasteiger partial charge in [0.1, 0.15) is 17.1 Å². The Balaban J connectivity index is 2.50. The minimum absolute atomic E-state index is 0.535. The second-order valence-corrected chi connectivity index (χ2v) is 3.51. The quantitative estimate of drug-likeness (QED) is 0.815. The zero-order valence-electron chi connectivity index (χ0n) is 7.60. The van der Waals surface area contributed by atoms with E-state index < -0.39 is 0 Å². The van der Waals surface area contributed by atoms with Gasteiger partial charge in [-0.15, -0.1) is 11.3 Å². The van der Waals surface area contributed by atoms with E-state index in [2.05, 4.69) is 9.97 Å².